The van der Waals surface area contributed by atoms with E-state index < -0.39 is 0 Å². The van der Waals surface area contributed by atoms with Gasteiger partial charge in [-0.3, -0.25) is 0 Å². The molecule has 2 aromatic carbocycles. The molecule has 1 heterocycles. The third kappa shape index (κ3) is 2.49. The lowest BCUT2D eigenvalue weighted by Gasteiger charge is -2.26. The number of allylic oxidation sites excluding steroid dienone is 2. The summed E-state index contributed by atoms with van der Waals surface area (Å²) < 4.78 is 0. The van der Waals surface area contributed by atoms with Crippen molar-refractivity contribution >= 4 is 28.8 Å². The average Bonchev–Trinajstić information content (AvgIpc) is 2.61. The van der Waals surface area contributed by atoms with E-state index in [9.17, 15) is 0 Å². The van der Waals surface area contributed by atoms with E-state index in [1.54, 1.807) is 0 Å². The minimum atomic E-state index is 1.00. The molecule has 4 rings (SSSR count). The number of anilines is 1. The molecule has 23 heavy (non-hydrogen) atoms. The number of hydrogen-bond donors (Lipinski definition) is 0. The molecule has 0 bridgehead atoms. The van der Waals surface area contributed by atoms with Gasteiger partial charge in [-0.05, 0) is 44.0 Å². The van der Waals surface area contributed by atoms with Gasteiger partial charge < -0.3 is 4.90 Å². The Labute approximate surface area is 141 Å². The van der Waals surface area contributed by atoms with Gasteiger partial charge in [0.2, 0.25) is 0 Å². The summed E-state index contributed by atoms with van der Waals surface area (Å²) in [6.07, 6.45) is 3.32. The first-order valence-corrected chi connectivity index (χ1v) is 9.06. The third-order valence-electron chi connectivity index (χ3n) is 4.54. The zero-order valence-corrected chi connectivity index (χ0v) is 14.4. The van der Waals surface area contributed by atoms with Gasteiger partial charge in [-0.15, -0.1) is 0 Å². The maximum Gasteiger partial charge on any atom is 0.0848 e. The molecule has 0 fully saturated rings. The predicted molar refractivity (Wildman–Crippen MR) is 100 cm³/mol. The number of benzene rings is 2. The van der Waals surface area contributed by atoms with E-state index in [0.29, 0.717) is 0 Å². The van der Waals surface area contributed by atoms with E-state index >= 15 is 0 Å². The second kappa shape index (κ2) is 5.89. The van der Waals surface area contributed by atoms with Gasteiger partial charge in [0, 0.05) is 34.1 Å². The van der Waals surface area contributed by atoms with E-state index in [-0.39, 0.29) is 0 Å². The number of thioether (sulfide) groups is 1. The normalized spacial score (nSPS) is 15.0. The lowest BCUT2D eigenvalue weighted by Crippen LogP contribution is -2.21. The van der Waals surface area contributed by atoms with Gasteiger partial charge in [-0.2, -0.15) is 0 Å². The summed E-state index contributed by atoms with van der Waals surface area (Å²) in [6, 6.07) is 15.3. The quantitative estimate of drug-likeness (QED) is 0.772. The highest BCUT2D eigenvalue weighted by molar-refractivity contribution is 8.04. The zero-order chi connectivity index (χ0) is 15.8. The van der Waals surface area contributed by atoms with Crippen LogP contribution in [-0.4, -0.2) is 18.8 Å². The molecule has 2 aliphatic rings. The Morgan fingerprint density at radius 3 is 2.74 bits per heavy atom. The summed E-state index contributed by atoms with van der Waals surface area (Å²) in [5.41, 5.74) is 6.18. The smallest absolute Gasteiger partial charge is 0.0848 e. The lowest BCUT2D eigenvalue weighted by atomic mass is 9.95. The van der Waals surface area contributed by atoms with E-state index in [1.807, 2.05) is 11.8 Å². The number of aliphatic imine (C=N–C) groups is 1. The first kappa shape index (κ1) is 14.6. The van der Waals surface area contributed by atoms with Crippen LogP contribution in [-0.2, 0) is 6.42 Å². The Balaban J connectivity index is 1.79. The molecule has 2 aromatic rings. The molecule has 0 spiro atoms. The molecule has 0 saturated heterocycles. The first-order valence-electron chi connectivity index (χ1n) is 8.24. The molecule has 2 nitrogen and oxygen atoms in total. The van der Waals surface area contributed by atoms with Crippen molar-refractivity contribution in [1.82, 2.24) is 0 Å². The van der Waals surface area contributed by atoms with Crippen LogP contribution in [0.1, 0.15) is 25.0 Å². The highest BCUT2D eigenvalue weighted by Crippen LogP contribution is 2.45. The summed E-state index contributed by atoms with van der Waals surface area (Å²) in [6.45, 7) is 6.47. The number of fused-ring (bicyclic) bond motifs is 4. The van der Waals surface area contributed by atoms with Crippen LogP contribution in [0.15, 0.2) is 63.3 Å². The number of nitrogens with zero attached hydrogens (tertiary/aromatic N) is 2. The van der Waals surface area contributed by atoms with Gasteiger partial charge in [0.25, 0.3) is 0 Å². The van der Waals surface area contributed by atoms with Crippen molar-refractivity contribution in [3.05, 3.63) is 64.6 Å². The van der Waals surface area contributed by atoms with Crippen molar-refractivity contribution in [1.29, 1.82) is 0 Å². The van der Waals surface area contributed by atoms with E-state index in [1.165, 1.54) is 26.6 Å². The Morgan fingerprint density at radius 1 is 1.09 bits per heavy atom. The zero-order valence-electron chi connectivity index (χ0n) is 13.5. The van der Waals surface area contributed by atoms with Gasteiger partial charge in [0.15, 0.2) is 0 Å². The van der Waals surface area contributed by atoms with Gasteiger partial charge >= 0.3 is 0 Å². The van der Waals surface area contributed by atoms with Gasteiger partial charge in [-0.25, -0.2) is 4.99 Å². The Morgan fingerprint density at radius 2 is 1.91 bits per heavy atom. The maximum atomic E-state index is 4.97. The van der Waals surface area contributed by atoms with Crippen LogP contribution in [0.4, 0.5) is 11.4 Å². The fourth-order valence-corrected chi connectivity index (χ4v) is 4.32. The molecular formula is C20H20N2S. The molecule has 1 aliphatic heterocycles. The fraction of sp³-hybridized carbons (Fsp3) is 0.250. The second-order valence-corrected chi connectivity index (χ2v) is 6.90. The topological polar surface area (TPSA) is 15.6 Å². The van der Waals surface area contributed by atoms with Crippen molar-refractivity contribution in [2.24, 2.45) is 4.99 Å². The summed E-state index contributed by atoms with van der Waals surface area (Å²) in [5.74, 6) is 0. The summed E-state index contributed by atoms with van der Waals surface area (Å²) in [4.78, 5) is 9.92. The molecule has 0 atom stereocenters. The summed E-state index contributed by atoms with van der Waals surface area (Å²) in [7, 11) is 0. The molecule has 0 N–H and O–H groups in total. The van der Waals surface area contributed by atoms with Crippen molar-refractivity contribution < 1.29 is 0 Å². The minimum Gasteiger partial charge on any atom is -0.372 e. The highest BCUT2D eigenvalue weighted by Gasteiger charge is 2.24. The minimum absolute atomic E-state index is 1.00. The predicted octanol–water partition coefficient (Wildman–Crippen LogP) is 5.20. The van der Waals surface area contributed by atoms with E-state index in [2.05, 4.69) is 67.3 Å². The molecule has 0 unspecified atom stereocenters. The molecule has 0 amide bonds. The van der Waals surface area contributed by atoms with Crippen molar-refractivity contribution in [3.63, 3.8) is 0 Å². The van der Waals surface area contributed by atoms with Crippen LogP contribution in [0.3, 0.4) is 0 Å². The fourth-order valence-electron chi connectivity index (χ4n) is 3.27. The Kier molecular flexibility index (Phi) is 3.74. The summed E-state index contributed by atoms with van der Waals surface area (Å²) in [5, 5.41) is 0. The van der Waals surface area contributed by atoms with E-state index in [0.717, 1.165) is 30.9 Å². The van der Waals surface area contributed by atoms with Crippen molar-refractivity contribution in [3.8, 4) is 0 Å². The molecule has 1 aliphatic carbocycles. The standard InChI is InChI=1S/C20H20N2S/c1-3-22(4-2)15-10-11-17-19(13-15)23-18-12-9-14-7-5-6-8-16(14)20(18)21-17/h5-8,10-13H,3-4,9H2,1-2H3. The van der Waals surface area contributed by atoms with Crippen LogP contribution in [0.2, 0.25) is 0 Å². The Bertz CT molecular complexity index is 816. The van der Waals surface area contributed by atoms with Gasteiger partial charge in [0.1, 0.15) is 0 Å². The molecule has 0 radical (unpaired) electrons. The van der Waals surface area contributed by atoms with Crippen molar-refractivity contribution in [2.45, 2.75) is 25.2 Å². The maximum absolute atomic E-state index is 4.97. The number of rotatable bonds is 3. The van der Waals surface area contributed by atoms with Crippen LogP contribution in [0.5, 0.6) is 0 Å². The van der Waals surface area contributed by atoms with Gasteiger partial charge in [-0.1, -0.05) is 42.1 Å². The molecule has 3 heteroatoms. The van der Waals surface area contributed by atoms with E-state index in [4.69, 9.17) is 4.99 Å². The lowest BCUT2D eigenvalue weighted by molar-refractivity contribution is 0.864. The summed E-state index contributed by atoms with van der Waals surface area (Å²) >= 11 is 1.86. The first-order chi connectivity index (χ1) is 11.3. The van der Waals surface area contributed by atoms with Gasteiger partial charge in [0.05, 0.1) is 11.4 Å². The van der Waals surface area contributed by atoms with Crippen molar-refractivity contribution in [2.75, 3.05) is 18.0 Å². The molecule has 0 saturated carbocycles. The highest BCUT2D eigenvalue weighted by atomic mass is 32.2. The number of hydrogen-bond acceptors (Lipinski definition) is 3. The second-order valence-electron chi connectivity index (χ2n) is 5.82. The largest absolute Gasteiger partial charge is 0.372 e. The van der Waals surface area contributed by atoms with Crippen LogP contribution in [0, 0.1) is 0 Å². The molecule has 0 aromatic heterocycles. The monoisotopic (exact) mass is 320 g/mol. The Hall–Kier alpha value is -2.00. The molecular weight excluding hydrogens is 300 g/mol. The van der Waals surface area contributed by atoms with Crippen LogP contribution < -0.4 is 4.90 Å². The van der Waals surface area contributed by atoms with Crippen LogP contribution in [0.25, 0.3) is 0 Å². The third-order valence-corrected chi connectivity index (χ3v) is 5.66. The average molecular weight is 320 g/mol. The van der Waals surface area contributed by atoms with Crippen LogP contribution >= 0.6 is 11.8 Å². The molecule has 116 valence electrons. The SMILES string of the molecule is CCN(CC)c1ccc2c(c1)SC1=CCc3ccccc3C1=N2.